The summed E-state index contributed by atoms with van der Waals surface area (Å²) >= 11 is 0. The molecule has 0 saturated heterocycles. The van der Waals surface area contributed by atoms with Gasteiger partial charge in [-0.3, -0.25) is 4.79 Å². The Labute approximate surface area is 72.7 Å². The summed E-state index contributed by atoms with van der Waals surface area (Å²) in [6.45, 7) is 2.72. The summed E-state index contributed by atoms with van der Waals surface area (Å²) in [7, 11) is 0. The van der Waals surface area contributed by atoms with Crippen LogP contribution in [0.1, 0.15) is 39.0 Å². The van der Waals surface area contributed by atoms with Crippen molar-refractivity contribution in [2.45, 2.75) is 44.6 Å². The average Bonchev–Trinajstić information content (AvgIpc) is 1.94. The van der Waals surface area contributed by atoms with Crippen LogP contribution in [0.3, 0.4) is 0 Å². The van der Waals surface area contributed by atoms with Crippen molar-refractivity contribution in [1.29, 1.82) is 0 Å². The molecular weight excluding hydrogens is 156 g/mol. The topological polar surface area (TPSA) is 46.5 Å². The second kappa shape index (κ2) is 3.90. The van der Waals surface area contributed by atoms with E-state index < -0.39 is 5.97 Å². The maximum Gasteiger partial charge on any atom is 0.306 e. The Hall–Kier alpha value is -0.570. The van der Waals surface area contributed by atoms with Crippen LogP contribution in [0.5, 0.6) is 0 Å². The third-order valence-electron chi connectivity index (χ3n) is 2.35. The van der Waals surface area contributed by atoms with E-state index in [9.17, 15) is 4.79 Å². The number of hydrogen-bond acceptors (Lipinski definition) is 2. The highest BCUT2D eigenvalue weighted by Crippen LogP contribution is 2.38. The molecule has 12 heavy (non-hydrogen) atoms. The van der Waals surface area contributed by atoms with Crippen molar-refractivity contribution >= 4 is 5.97 Å². The number of rotatable bonds is 5. The Morgan fingerprint density at radius 3 is 2.58 bits per heavy atom. The lowest BCUT2D eigenvalue weighted by Gasteiger charge is -2.40. The van der Waals surface area contributed by atoms with E-state index in [0.717, 1.165) is 25.7 Å². The van der Waals surface area contributed by atoms with Gasteiger partial charge in [0.15, 0.2) is 0 Å². The molecule has 0 radical (unpaired) electrons. The van der Waals surface area contributed by atoms with Crippen LogP contribution in [0.2, 0.25) is 0 Å². The van der Waals surface area contributed by atoms with Crippen LogP contribution in [-0.4, -0.2) is 23.3 Å². The third kappa shape index (κ3) is 2.21. The van der Waals surface area contributed by atoms with E-state index in [1.54, 1.807) is 0 Å². The van der Waals surface area contributed by atoms with E-state index in [4.69, 9.17) is 9.84 Å². The van der Waals surface area contributed by atoms with Crippen molar-refractivity contribution in [3.63, 3.8) is 0 Å². The lowest BCUT2D eigenvalue weighted by Crippen LogP contribution is -2.42. The number of carboxylic acid groups (broad SMARTS) is 1. The van der Waals surface area contributed by atoms with Gasteiger partial charge in [0.1, 0.15) is 0 Å². The lowest BCUT2D eigenvalue weighted by atomic mass is 9.77. The SMILES string of the molecule is CCCOC1(CC(=O)O)CCC1. The zero-order valence-electron chi connectivity index (χ0n) is 7.51. The molecule has 0 atom stereocenters. The smallest absolute Gasteiger partial charge is 0.306 e. The molecule has 1 saturated carbocycles. The van der Waals surface area contributed by atoms with Gasteiger partial charge in [0.05, 0.1) is 12.0 Å². The zero-order chi connectivity index (χ0) is 9.03. The van der Waals surface area contributed by atoms with Gasteiger partial charge in [-0.1, -0.05) is 6.92 Å². The fourth-order valence-corrected chi connectivity index (χ4v) is 1.54. The number of carbonyl (C=O) groups is 1. The molecule has 0 bridgehead atoms. The van der Waals surface area contributed by atoms with Crippen molar-refractivity contribution in [3.8, 4) is 0 Å². The predicted octanol–water partition coefficient (Wildman–Crippen LogP) is 1.81. The third-order valence-corrected chi connectivity index (χ3v) is 2.35. The number of ether oxygens (including phenoxy) is 1. The molecule has 1 fully saturated rings. The number of carboxylic acids is 1. The highest BCUT2D eigenvalue weighted by Gasteiger charge is 2.39. The minimum atomic E-state index is -0.745. The molecule has 1 aliphatic rings. The van der Waals surface area contributed by atoms with Crippen LogP contribution in [0.4, 0.5) is 0 Å². The van der Waals surface area contributed by atoms with Gasteiger partial charge in [0, 0.05) is 6.61 Å². The summed E-state index contributed by atoms with van der Waals surface area (Å²) in [6.07, 6.45) is 4.07. The fraction of sp³-hybridized carbons (Fsp3) is 0.889. The van der Waals surface area contributed by atoms with Gasteiger partial charge in [-0.15, -0.1) is 0 Å². The Morgan fingerprint density at radius 1 is 1.58 bits per heavy atom. The fourth-order valence-electron chi connectivity index (χ4n) is 1.54. The molecule has 1 aliphatic carbocycles. The minimum absolute atomic E-state index is 0.174. The van der Waals surface area contributed by atoms with Gasteiger partial charge in [-0.25, -0.2) is 0 Å². The normalized spacial score (nSPS) is 20.1. The van der Waals surface area contributed by atoms with E-state index in [1.165, 1.54) is 0 Å². The van der Waals surface area contributed by atoms with Gasteiger partial charge >= 0.3 is 5.97 Å². The standard InChI is InChI=1S/C9H16O3/c1-2-6-12-9(4-3-5-9)7-8(10)11/h2-7H2,1H3,(H,10,11). The second-order valence-electron chi connectivity index (χ2n) is 3.46. The molecule has 1 N–H and O–H groups in total. The summed E-state index contributed by atoms with van der Waals surface area (Å²) in [5.41, 5.74) is -0.304. The molecule has 3 heteroatoms. The molecule has 0 unspecified atom stereocenters. The first-order valence-electron chi connectivity index (χ1n) is 4.54. The van der Waals surface area contributed by atoms with Gasteiger partial charge in [0.2, 0.25) is 0 Å². The highest BCUT2D eigenvalue weighted by molar-refractivity contribution is 5.68. The molecule has 0 aromatic heterocycles. The average molecular weight is 172 g/mol. The molecule has 0 spiro atoms. The van der Waals surface area contributed by atoms with Crippen LogP contribution in [0, 0.1) is 0 Å². The van der Waals surface area contributed by atoms with Crippen LogP contribution < -0.4 is 0 Å². The number of hydrogen-bond donors (Lipinski definition) is 1. The van der Waals surface area contributed by atoms with Gasteiger partial charge < -0.3 is 9.84 Å². The Balaban J connectivity index is 2.34. The molecule has 0 aromatic rings. The van der Waals surface area contributed by atoms with Crippen LogP contribution in [-0.2, 0) is 9.53 Å². The molecule has 1 rings (SSSR count). The van der Waals surface area contributed by atoms with Crippen molar-refractivity contribution < 1.29 is 14.6 Å². The summed E-state index contributed by atoms with van der Waals surface area (Å²) in [6, 6.07) is 0. The van der Waals surface area contributed by atoms with E-state index in [0.29, 0.717) is 6.61 Å². The predicted molar refractivity (Wildman–Crippen MR) is 45.1 cm³/mol. The van der Waals surface area contributed by atoms with Crippen molar-refractivity contribution in [2.75, 3.05) is 6.61 Å². The second-order valence-corrected chi connectivity index (χ2v) is 3.46. The van der Waals surface area contributed by atoms with Crippen molar-refractivity contribution in [3.05, 3.63) is 0 Å². The highest BCUT2D eigenvalue weighted by atomic mass is 16.5. The molecule has 3 nitrogen and oxygen atoms in total. The van der Waals surface area contributed by atoms with E-state index in [1.807, 2.05) is 6.92 Å². The largest absolute Gasteiger partial charge is 0.481 e. The molecular formula is C9H16O3. The monoisotopic (exact) mass is 172 g/mol. The first kappa shape index (κ1) is 9.52. The lowest BCUT2D eigenvalue weighted by molar-refractivity contribution is -0.154. The minimum Gasteiger partial charge on any atom is -0.481 e. The van der Waals surface area contributed by atoms with Gasteiger partial charge in [-0.05, 0) is 25.7 Å². The first-order valence-corrected chi connectivity index (χ1v) is 4.54. The maximum absolute atomic E-state index is 10.5. The molecule has 0 amide bonds. The van der Waals surface area contributed by atoms with E-state index in [2.05, 4.69) is 0 Å². The van der Waals surface area contributed by atoms with Crippen molar-refractivity contribution in [2.24, 2.45) is 0 Å². The van der Waals surface area contributed by atoms with E-state index >= 15 is 0 Å². The zero-order valence-corrected chi connectivity index (χ0v) is 7.51. The van der Waals surface area contributed by atoms with Gasteiger partial charge in [0.25, 0.3) is 0 Å². The Kier molecular flexibility index (Phi) is 3.09. The Bertz CT molecular complexity index is 161. The summed E-state index contributed by atoms with van der Waals surface area (Å²) in [4.78, 5) is 10.5. The van der Waals surface area contributed by atoms with E-state index in [-0.39, 0.29) is 12.0 Å². The van der Waals surface area contributed by atoms with Crippen molar-refractivity contribution in [1.82, 2.24) is 0 Å². The molecule has 0 aliphatic heterocycles. The summed E-state index contributed by atoms with van der Waals surface area (Å²) in [5, 5.41) is 8.63. The number of aliphatic carboxylic acids is 1. The van der Waals surface area contributed by atoms with Gasteiger partial charge in [-0.2, -0.15) is 0 Å². The molecule has 0 aromatic carbocycles. The molecule has 0 heterocycles. The molecule has 70 valence electrons. The van der Waals surface area contributed by atoms with Crippen LogP contribution >= 0.6 is 0 Å². The van der Waals surface area contributed by atoms with Crippen LogP contribution in [0.25, 0.3) is 0 Å². The quantitative estimate of drug-likeness (QED) is 0.688. The maximum atomic E-state index is 10.5. The Morgan fingerprint density at radius 2 is 2.25 bits per heavy atom. The van der Waals surface area contributed by atoms with Crippen LogP contribution in [0.15, 0.2) is 0 Å². The summed E-state index contributed by atoms with van der Waals surface area (Å²) < 4.78 is 5.54. The summed E-state index contributed by atoms with van der Waals surface area (Å²) in [5.74, 6) is -0.745. The first-order chi connectivity index (χ1) is 5.68.